The molecule has 0 saturated carbocycles. The summed E-state index contributed by atoms with van der Waals surface area (Å²) >= 11 is 0. The fourth-order valence-corrected chi connectivity index (χ4v) is 2.08. The molecule has 0 aromatic heterocycles. The molecule has 1 N–H and O–H groups in total. The summed E-state index contributed by atoms with van der Waals surface area (Å²) in [6, 6.07) is 8.37. The van der Waals surface area contributed by atoms with Gasteiger partial charge in [-0.25, -0.2) is 0 Å². The summed E-state index contributed by atoms with van der Waals surface area (Å²) in [5, 5.41) is 3.49. The van der Waals surface area contributed by atoms with Crippen molar-refractivity contribution >= 4 is 0 Å². The third-order valence-corrected chi connectivity index (χ3v) is 3.19. The van der Waals surface area contributed by atoms with Gasteiger partial charge < -0.3 is 14.8 Å². The molecule has 0 bridgehead atoms. The fraction of sp³-hybridized carbons (Fsp3) is 0.625. The van der Waals surface area contributed by atoms with Crippen molar-refractivity contribution in [3.8, 4) is 5.75 Å². The van der Waals surface area contributed by atoms with Crippen molar-refractivity contribution in [3.63, 3.8) is 0 Å². The molecule has 0 atom stereocenters. The highest BCUT2D eigenvalue weighted by Crippen LogP contribution is 2.19. The van der Waals surface area contributed by atoms with Crippen molar-refractivity contribution in [1.29, 1.82) is 0 Å². The number of hydrogen-bond acceptors (Lipinski definition) is 3. The van der Waals surface area contributed by atoms with Gasteiger partial charge in [-0.15, -0.1) is 0 Å². The fourth-order valence-electron chi connectivity index (χ4n) is 2.08. The van der Waals surface area contributed by atoms with E-state index < -0.39 is 0 Å². The van der Waals surface area contributed by atoms with Crippen molar-refractivity contribution in [2.45, 2.75) is 51.8 Å². The van der Waals surface area contributed by atoms with E-state index in [4.69, 9.17) is 9.47 Å². The van der Waals surface area contributed by atoms with Crippen LogP contribution in [-0.2, 0) is 11.3 Å². The number of hydrogen-bond donors (Lipinski definition) is 1. The van der Waals surface area contributed by atoms with E-state index >= 15 is 0 Å². The normalized spacial score (nSPS) is 17.4. The third kappa shape index (κ3) is 5.21. The first-order valence-corrected chi connectivity index (χ1v) is 7.11. The van der Waals surface area contributed by atoms with Crippen LogP contribution in [0.5, 0.6) is 5.75 Å². The monoisotopic (exact) mass is 263 g/mol. The third-order valence-electron chi connectivity index (χ3n) is 3.19. The van der Waals surface area contributed by atoms with Crippen molar-refractivity contribution < 1.29 is 9.47 Å². The molecule has 0 radical (unpaired) electrons. The molecule has 1 aliphatic rings. The smallest absolute Gasteiger partial charge is 0.120 e. The van der Waals surface area contributed by atoms with E-state index in [9.17, 15) is 0 Å². The second kappa shape index (κ2) is 6.40. The molecule has 106 valence electrons. The number of ether oxygens (including phenoxy) is 2. The van der Waals surface area contributed by atoms with Crippen LogP contribution in [0.3, 0.4) is 0 Å². The van der Waals surface area contributed by atoms with Gasteiger partial charge in [0.2, 0.25) is 0 Å². The molecule has 0 amide bonds. The quantitative estimate of drug-likeness (QED) is 0.905. The highest BCUT2D eigenvalue weighted by molar-refractivity contribution is 5.28. The molecule has 1 saturated heterocycles. The maximum absolute atomic E-state index is 6.02. The zero-order chi connectivity index (χ0) is 13.7. The summed E-state index contributed by atoms with van der Waals surface area (Å²) in [6.45, 7) is 9.03. The lowest BCUT2D eigenvalue weighted by atomic mass is 10.1. The van der Waals surface area contributed by atoms with E-state index in [1.54, 1.807) is 0 Å². The lowest BCUT2D eigenvalue weighted by Crippen LogP contribution is -2.35. The van der Waals surface area contributed by atoms with Crippen LogP contribution in [0, 0.1) is 0 Å². The van der Waals surface area contributed by atoms with Gasteiger partial charge in [0, 0.05) is 24.9 Å². The minimum absolute atomic E-state index is 0.136. The molecule has 19 heavy (non-hydrogen) atoms. The van der Waals surface area contributed by atoms with Gasteiger partial charge in [0.05, 0.1) is 13.2 Å². The highest BCUT2D eigenvalue weighted by atomic mass is 16.5. The van der Waals surface area contributed by atoms with Crippen molar-refractivity contribution in [1.82, 2.24) is 5.32 Å². The average molecular weight is 263 g/mol. The molecule has 1 aromatic carbocycles. The molecule has 0 unspecified atom stereocenters. The van der Waals surface area contributed by atoms with E-state index in [-0.39, 0.29) is 5.54 Å². The molecule has 3 nitrogen and oxygen atoms in total. The molecule has 1 heterocycles. The Kier molecular flexibility index (Phi) is 4.83. The Hall–Kier alpha value is -1.06. The standard InChI is InChI=1S/C16H25NO2/c1-16(2,3)17-12-13-5-4-6-15(11-13)19-14-7-9-18-10-8-14/h4-6,11,14,17H,7-10,12H2,1-3H3. The van der Waals surface area contributed by atoms with Crippen LogP contribution in [0.2, 0.25) is 0 Å². The molecular weight excluding hydrogens is 238 g/mol. The predicted molar refractivity (Wildman–Crippen MR) is 77.5 cm³/mol. The van der Waals surface area contributed by atoms with Crippen LogP contribution < -0.4 is 10.1 Å². The van der Waals surface area contributed by atoms with Crippen molar-refractivity contribution in [2.24, 2.45) is 0 Å². The predicted octanol–water partition coefficient (Wildman–Crippen LogP) is 3.13. The highest BCUT2D eigenvalue weighted by Gasteiger charge is 2.15. The lowest BCUT2D eigenvalue weighted by Gasteiger charge is -2.24. The Bertz CT molecular complexity index is 392. The maximum Gasteiger partial charge on any atom is 0.120 e. The molecule has 2 rings (SSSR count). The van der Waals surface area contributed by atoms with Gasteiger partial charge in [-0.3, -0.25) is 0 Å². The van der Waals surface area contributed by atoms with Crippen LogP contribution in [0.25, 0.3) is 0 Å². The summed E-state index contributed by atoms with van der Waals surface area (Å²) in [4.78, 5) is 0. The largest absolute Gasteiger partial charge is 0.490 e. The first-order chi connectivity index (χ1) is 9.03. The van der Waals surface area contributed by atoms with Gasteiger partial charge in [-0.1, -0.05) is 12.1 Å². The minimum atomic E-state index is 0.136. The van der Waals surface area contributed by atoms with Gasteiger partial charge in [0.1, 0.15) is 11.9 Å². The van der Waals surface area contributed by atoms with Crippen LogP contribution in [0.1, 0.15) is 39.2 Å². The number of nitrogens with one attached hydrogen (secondary N) is 1. The van der Waals surface area contributed by atoms with E-state index in [0.29, 0.717) is 6.10 Å². The summed E-state index contributed by atoms with van der Waals surface area (Å²) in [5.41, 5.74) is 1.40. The lowest BCUT2D eigenvalue weighted by molar-refractivity contribution is 0.0255. The Labute approximate surface area is 116 Å². The molecule has 1 aromatic rings. The minimum Gasteiger partial charge on any atom is -0.490 e. The van der Waals surface area contributed by atoms with Crippen LogP contribution >= 0.6 is 0 Å². The van der Waals surface area contributed by atoms with Crippen LogP contribution in [-0.4, -0.2) is 24.9 Å². The Morgan fingerprint density at radius 1 is 1.26 bits per heavy atom. The first-order valence-electron chi connectivity index (χ1n) is 7.11. The Balaban J connectivity index is 1.90. The van der Waals surface area contributed by atoms with Gasteiger partial charge in [-0.2, -0.15) is 0 Å². The molecule has 1 fully saturated rings. The maximum atomic E-state index is 6.02. The summed E-state index contributed by atoms with van der Waals surface area (Å²) in [6.07, 6.45) is 2.29. The van der Waals surface area contributed by atoms with E-state index in [1.165, 1.54) is 5.56 Å². The van der Waals surface area contributed by atoms with E-state index in [2.05, 4.69) is 44.3 Å². The number of benzene rings is 1. The van der Waals surface area contributed by atoms with Gasteiger partial charge >= 0.3 is 0 Å². The summed E-state index contributed by atoms with van der Waals surface area (Å²) < 4.78 is 11.4. The van der Waals surface area contributed by atoms with E-state index in [1.807, 2.05) is 6.07 Å². The topological polar surface area (TPSA) is 30.5 Å². The van der Waals surface area contributed by atoms with Gasteiger partial charge in [0.15, 0.2) is 0 Å². The molecule has 3 heteroatoms. The molecular formula is C16H25NO2. The molecule has 1 aliphatic heterocycles. The van der Waals surface area contributed by atoms with Crippen molar-refractivity contribution in [3.05, 3.63) is 29.8 Å². The van der Waals surface area contributed by atoms with Crippen LogP contribution in [0.15, 0.2) is 24.3 Å². The summed E-state index contributed by atoms with van der Waals surface area (Å²) in [5.74, 6) is 0.972. The summed E-state index contributed by atoms with van der Waals surface area (Å²) in [7, 11) is 0. The van der Waals surface area contributed by atoms with Gasteiger partial charge in [0.25, 0.3) is 0 Å². The second-order valence-electron chi connectivity index (χ2n) is 6.18. The first kappa shape index (κ1) is 14.4. The second-order valence-corrected chi connectivity index (χ2v) is 6.18. The van der Waals surface area contributed by atoms with Crippen LogP contribution in [0.4, 0.5) is 0 Å². The van der Waals surface area contributed by atoms with Gasteiger partial charge in [-0.05, 0) is 38.5 Å². The zero-order valence-electron chi connectivity index (χ0n) is 12.2. The Morgan fingerprint density at radius 2 is 2.00 bits per heavy atom. The Morgan fingerprint density at radius 3 is 2.68 bits per heavy atom. The SMILES string of the molecule is CC(C)(C)NCc1cccc(OC2CCOCC2)c1. The van der Waals surface area contributed by atoms with Crippen molar-refractivity contribution in [2.75, 3.05) is 13.2 Å². The number of rotatable bonds is 4. The zero-order valence-corrected chi connectivity index (χ0v) is 12.2. The average Bonchev–Trinajstić information content (AvgIpc) is 2.37. The molecule has 0 aliphatic carbocycles. The molecule has 0 spiro atoms. The van der Waals surface area contributed by atoms with E-state index in [0.717, 1.165) is 38.3 Å².